The fourth-order valence-electron chi connectivity index (χ4n) is 2.58. The molecule has 0 aliphatic heterocycles. The summed E-state index contributed by atoms with van der Waals surface area (Å²) in [5.74, 6) is 0.861. The van der Waals surface area contributed by atoms with E-state index in [9.17, 15) is 0 Å². The van der Waals surface area contributed by atoms with E-state index in [1.807, 2.05) is 114 Å². The molecule has 8 aromatic rings. The molecule has 8 aromatic heterocycles. The maximum absolute atomic E-state index is 3.98. The molecule has 12 nitrogen and oxygen atoms in total. The zero-order chi connectivity index (χ0) is 38.1. The van der Waals surface area contributed by atoms with Gasteiger partial charge in [0.25, 0.3) is 0 Å². The molecule has 8 heterocycles. The number of hydrogen-bond acceptors (Lipinski definition) is 16. The Morgan fingerprint density at radius 1 is 0.481 bits per heavy atom. The summed E-state index contributed by atoms with van der Waals surface area (Å²) in [4.78, 5) is 26.9. The predicted molar refractivity (Wildman–Crippen MR) is 214 cm³/mol. The average Bonchev–Trinajstić information content (AvgIpc) is 4.01. The SMILES string of the molecule is Cc1ccccn1.Cc1ccncn1.Cc1ccnnc1.Cc1ccsn1.Cc1cncnc1.Cc1cnsc1.Cc1nccs1.Cc1ncsn1. The van der Waals surface area contributed by atoms with E-state index in [-0.39, 0.29) is 0 Å². The summed E-state index contributed by atoms with van der Waals surface area (Å²) in [6, 6.07) is 11.6. The van der Waals surface area contributed by atoms with Crippen LogP contribution in [-0.2, 0) is 0 Å². The minimum Gasteiger partial charge on any atom is -0.262 e. The highest BCUT2D eigenvalue weighted by Gasteiger charge is 1.80. The molecular formula is C36H44N12S4. The third-order valence-corrected chi connectivity index (χ3v) is 7.74. The van der Waals surface area contributed by atoms with E-state index in [1.54, 1.807) is 60.2 Å². The summed E-state index contributed by atoms with van der Waals surface area (Å²) in [6.45, 7) is 15.7. The molecule has 16 heteroatoms. The molecule has 0 spiro atoms. The zero-order valence-electron chi connectivity index (χ0n) is 30.5. The van der Waals surface area contributed by atoms with Gasteiger partial charge in [0.05, 0.1) is 16.9 Å². The third kappa shape index (κ3) is 28.7. The van der Waals surface area contributed by atoms with E-state index >= 15 is 0 Å². The lowest BCUT2D eigenvalue weighted by atomic mass is 10.4. The Bertz CT molecular complexity index is 1550. The lowest BCUT2D eigenvalue weighted by Crippen LogP contribution is -1.77. The van der Waals surface area contributed by atoms with Crippen molar-refractivity contribution in [2.24, 2.45) is 0 Å². The van der Waals surface area contributed by atoms with Crippen LogP contribution in [-0.4, -0.2) is 58.2 Å². The first kappa shape index (κ1) is 44.9. The van der Waals surface area contributed by atoms with Gasteiger partial charge in [0.15, 0.2) is 0 Å². The fraction of sp³-hybridized carbons (Fsp3) is 0.222. The van der Waals surface area contributed by atoms with Gasteiger partial charge in [-0.25, -0.2) is 29.3 Å². The zero-order valence-corrected chi connectivity index (χ0v) is 33.8. The Morgan fingerprint density at radius 2 is 1.27 bits per heavy atom. The van der Waals surface area contributed by atoms with Gasteiger partial charge in [-0.15, -0.1) is 11.3 Å². The van der Waals surface area contributed by atoms with Gasteiger partial charge in [-0.3, -0.25) is 9.97 Å². The van der Waals surface area contributed by atoms with Gasteiger partial charge in [0.2, 0.25) is 0 Å². The monoisotopic (exact) mass is 772 g/mol. The Labute approximate surface area is 322 Å². The largest absolute Gasteiger partial charge is 0.262 e. The van der Waals surface area contributed by atoms with Crippen molar-refractivity contribution >= 4 is 45.9 Å². The van der Waals surface area contributed by atoms with E-state index in [1.165, 1.54) is 52.8 Å². The minimum absolute atomic E-state index is 0.861. The Balaban J connectivity index is 0.000000297. The third-order valence-electron chi connectivity index (χ3n) is 5.11. The Kier molecular flexibility index (Phi) is 26.4. The summed E-state index contributed by atoms with van der Waals surface area (Å²) in [5.41, 5.74) is 8.41. The summed E-state index contributed by atoms with van der Waals surface area (Å²) in [6.07, 6.45) is 17.2. The summed E-state index contributed by atoms with van der Waals surface area (Å²) >= 11 is 6.02. The van der Waals surface area contributed by atoms with Gasteiger partial charge in [-0.05, 0) is 137 Å². The molecule has 0 fully saturated rings. The topological polar surface area (TPSA) is 155 Å². The van der Waals surface area contributed by atoms with Crippen LogP contribution >= 0.6 is 45.9 Å². The van der Waals surface area contributed by atoms with Crippen LogP contribution in [0.1, 0.15) is 44.6 Å². The molecule has 0 amide bonds. The lowest BCUT2D eigenvalue weighted by Gasteiger charge is -1.82. The van der Waals surface area contributed by atoms with E-state index in [2.05, 4.69) is 58.2 Å². The second kappa shape index (κ2) is 30.6. The quantitative estimate of drug-likeness (QED) is 0.144. The Morgan fingerprint density at radius 3 is 1.50 bits per heavy atom. The molecular weight excluding hydrogens is 729 g/mol. The second-order valence-corrected chi connectivity index (χ2v) is 13.1. The molecule has 0 saturated heterocycles. The van der Waals surface area contributed by atoms with E-state index in [4.69, 9.17) is 0 Å². The minimum atomic E-state index is 0.861. The standard InChI is InChI=1S/C6H7N.3C5H6N2.3C4H5NS.C3H4N2S/c1-6-4-2-3-5-7-6;1-5-2-6-4-7-3-5;1-5-2-3-6-4-7-5;1-5-2-3-6-7-4-5;1-4-2-5-6-3-4;1-4-5-2-3-6-4;1-4-2-3-6-5-4;1-3-4-2-6-5-3/h2-5H,1H3;3*2-4H,1H3;3*2-3H,1H3;2H,1H3. The number of thiazole rings is 1. The van der Waals surface area contributed by atoms with Crippen molar-refractivity contribution in [2.75, 3.05) is 0 Å². The van der Waals surface area contributed by atoms with Crippen molar-refractivity contribution < 1.29 is 0 Å². The number of pyridine rings is 1. The van der Waals surface area contributed by atoms with E-state index in [0.717, 1.165) is 39.0 Å². The van der Waals surface area contributed by atoms with Crippen molar-refractivity contribution in [1.82, 2.24) is 58.2 Å². The van der Waals surface area contributed by atoms with Gasteiger partial charge >= 0.3 is 0 Å². The predicted octanol–water partition coefficient (Wildman–Crippen LogP) is 8.95. The van der Waals surface area contributed by atoms with Gasteiger partial charge in [-0.1, -0.05) is 6.07 Å². The molecule has 0 aliphatic rings. The second-order valence-electron chi connectivity index (χ2n) is 10.0. The van der Waals surface area contributed by atoms with Crippen LogP contribution in [0.5, 0.6) is 0 Å². The molecule has 52 heavy (non-hydrogen) atoms. The van der Waals surface area contributed by atoms with Gasteiger partial charge in [0.1, 0.15) is 24.0 Å². The normalized spacial score (nSPS) is 8.77. The van der Waals surface area contributed by atoms with Crippen LogP contribution in [0, 0.1) is 55.4 Å². The van der Waals surface area contributed by atoms with Gasteiger partial charge in [-0.2, -0.15) is 18.9 Å². The van der Waals surface area contributed by atoms with E-state index in [0.29, 0.717) is 0 Å². The number of nitrogens with zero attached hydrogens (tertiary/aromatic N) is 12. The van der Waals surface area contributed by atoms with Crippen LogP contribution in [0.15, 0.2) is 120 Å². The molecule has 0 aromatic carbocycles. The van der Waals surface area contributed by atoms with E-state index < -0.39 is 0 Å². The van der Waals surface area contributed by atoms with Crippen molar-refractivity contribution in [3.8, 4) is 0 Å². The van der Waals surface area contributed by atoms with Crippen LogP contribution in [0.3, 0.4) is 0 Å². The number of aromatic nitrogens is 12. The first-order valence-electron chi connectivity index (χ1n) is 15.5. The van der Waals surface area contributed by atoms with Gasteiger partial charge < -0.3 is 0 Å². The maximum atomic E-state index is 3.98. The van der Waals surface area contributed by atoms with Gasteiger partial charge in [0, 0.05) is 70.9 Å². The molecule has 0 bridgehead atoms. The van der Waals surface area contributed by atoms with Crippen molar-refractivity contribution in [1.29, 1.82) is 0 Å². The number of hydrogen-bond donors (Lipinski definition) is 0. The number of aryl methyl sites for hydroxylation is 8. The molecule has 0 N–H and O–H groups in total. The summed E-state index contributed by atoms with van der Waals surface area (Å²) in [5, 5.41) is 14.3. The molecule has 0 atom stereocenters. The summed E-state index contributed by atoms with van der Waals surface area (Å²) < 4.78 is 11.7. The lowest BCUT2D eigenvalue weighted by molar-refractivity contribution is 1.01. The Hall–Kier alpha value is -5.16. The van der Waals surface area contributed by atoms with Crippen LogP contribution in [0.4, 0.5) is 0 Å². The van der Waals surface area contributed by atoms with Crippen LogP contribution < -0.4 is 0 Å². The fourth-order valence-corrected chi connectivity index (χ4v) is 4.53. The average molecular weight is 773 g/mol. The first-order chi connectivity index (χ1) is 25.2. The molecule has 0 unspecified atom stereocenters. The highest BCUT2D eigenvalue weighted by molar-refractivity contribution is 7.09. The molecule has 8 rings (SSSR count). The van der Waals surface area contributed by atoms with Crippen molar-refractivity contribution in [3.63, 3.8) is 0 Å². The van der Waals surface area contributed by atoms with Crippen LogP contribution in [0.2, 0.25) is 0 Å². The summed E-state index contributed by atoms with van der Waals surface area (Å²) in [7, 11) is 0. The molecule has 0 radical (unpaired) electrons. The van der Waals surface area contributed by atoms with Crippen LogP contribution in [0.25, 0.3) is 0 Å². The highest BCUT2D eigenvalue weighted by atomic mass is 32.1. The smallest absolute Gasteiger partial charge is 0.139 e. The molecule has 0 aliphatic carbocycles. The molecule has 272 valence electrons. The van der Waals surface area contributed by atoms with Crippen molar-refractivity contribution in [2.45, 2.75) is 55.4 Å². The van der Waals surface area contributed by atoms with Crippen molar-refractivity contribution in [3.05, 3.63) is 165 Å². The highest BCUT2D eigenvalue weighted by Crippen LogP contribution is 1.98. The first-order valence-corrected chi connectivity index (χ1v) is 18.9. The molecule has 0 saturated carbocycles. The number of rotatable bonds is 0. The maximum Gasteiger partial charge on any atom is 0.139 e.